The van der Waals surface area contributed by atoms with Crippen LogP contribution < -0.4 is 9.47 Å². The van der Waals surface area contributed by atoms with Crippen LogP contribution in [0.25, 0.3) is 0 Å². The highest BCUT2D eigenvalue weighted by molar-refractivity contribution is 6.32. The fourth-order valence-corrected chi connectivity index (χ4v) is 5.37. The average Bonchev–Trinajstić information content (AvgIpc) is 2.88. The Morgan fingerprint density at radius 2 is 1.53 bits per heavy atom. The molecule has 0 bridgehead atoms. The van der Waals surface area contributed by atoms with Crippen LogP contribution in [-0.2, 0) is 14.3 Å². The van der Waals surface area contributed by atoms with E-state index >= 15 is 0 Å². The molecule has 0 atom stereocenters. The van der Waals surface area contributed by atoms with E-state index in [1.807, 2.05) is 0 Å². The maximum Gasteiger partial charge on any atom is 0.318 e. The second-order valence-electron chi connectivity index (χ2n) is 9.06. The summed E-state index contributed by atoms with van der Waals surface area (Å²) in [6, 6.07) is 6.08. The highest BCUT2D eigenvalue weighted by atomic mass is 35.5. The SMILES string of the molecule is COc1cc(C2C3=C(CCCC3=O)OC3=C2C(=O)CCC3)cc(Cl)c1Oc1ccc([N+](=O)[O-])cc1[N+](=O)[O-]. The van der Waals surface area contributed by atoms with Crippen molar-refractivity contribution < 1.29 is 33.6 Å². The molecule has 0 radical (unpaired) electrons. The molecule has 38 heavy (non-hydrogen) atoms. The Hall–Kier alpha value is -4.25. The maximum absolute atomic E-state index is 13.0. The monoisotopic (exact) mass is 540 g/mol. The van der Waals surface area contributed by atoms with Gasteiger partial charge in [-0.3, -0.25) is 29.8 Å². The molecule has 0 spiro atoms. The number of carbonyl (C=O) groups excluding carboxylic acids is 2. The number of ketones is 2. The summed E-state index contributed by atoms with van der Waals surface area (Å²) in [6.07, 6.45) is 3.16. The normalized spacial score (nSPS) is 17.5. The van der Waals surface area contributed by atoms with E-state index in [0.717, 1.165) is 18.2 Å². The van der Waals surface area contributed by atoms with Crippen molar-refractivity contribution in [2.24, 2.45) is 0 Å². The molecule has 1 heterocycles. The molecule has 2 aromatic rings. The molecular formula is C26H21ClN2O9. The number of halogens is 1. The lowest BCUT2D eigenvalue weighted by Crippen LogP contribution is -2.30. The van der Waals surface area contributed by atoms with Crippen LogP contribution in [0.4, 0.5) is 11.4 Å². The molecule has 1 aliphatic heterocycles. The number of methoxy groups -OCH3 is 1. The van der Waals surface area contributed by atoms with Gasteiger partial charge in [-0.2, -0.15) is 0 Å². The van der Waals surface area contributed by atoms with Crippen LogP contribution in [0.5, 0.6) is 17.2 Å². The van der Waals surface area contributed by atoms with E-state index in [1.54, 1.807) is 6.07 Å². The van der Waals surface area contributed by atoms with E-state index in [4.69, 9.17) is 25.8 Å². The number of allylic oxidation sites excluding steroid dienone is 4. The fraction of sp³-hybridized carbons (Fsp3) is 0.308. The molecule has 11 nitrogen and oxygen atoms in total. The van der Waals surface area contributed by atoms with Crippen LogP contribution in [0.15, 0.2) is 53.0 Å². The first-order valence-electron chi connectivity index (χ1n) is 11.9. The number of non-ortho nitro benzene ring substituents is 1. The van der Waals surface area contributed by atoms with Crippen LogP contribution in [0.3, 0.4) is 0 Å². The molecule has 0 unspecified atom stereocenters. The van der Waals surface area contributed by atoms with Gasteiger partial charge in [0.15, 0.2) is 23.1 Å². The number of rotatable bonds is 6. The van der Waals surface area contributed by atoms with E-state index in [2.05, 4.69) is 0 Å². The van der Waals surface area contributed by atoms with Crippen molar-refractivity contribution in [1.29, 1.82) is 0 Å². The van der Waals surface area contributed by atoms with E-state index < -0.39 is 27.1 Å². The molecule has 0 amide bonds. The van der Waals surface area contributed by atoms with Gasteiger partial charge >= 0.3 is 5.69 Å². The van der Waals surface area contributed by atoms with Gasteiger partial charge in [0.2, 0.25) is 5.75 Å². The van der Waals surface area contributed by atoms with E-state index in [-0.39, 0.29) is 33.8 Å². The van der Waals surface area contributed by atoms with Gasteiger partial charge in [-0.25, -0.2) is 0 Å². The zero-order valence-electron chi connectivity index (χ0n) is 20.2. The van der Waals surface area contributed by atoms with Crippen LogP contribution in [0, 0.1) is 20.2 Å². The summed E-state index contributed by atoms with van der Waals surface area (Å²) in [5.41, 5.74) is 0.285. The van der Waals surface area contributed by atoms with Crippen molar-refractivity contribution in [2.75, 3.05) is 7.11 Å². The van der Waals surface area contributed by atoms with Gasteiger partial charge < -0.3 is 14.2 Å². The largest absolute Gasteiger partial charge is 0.493 e. The minimum absolute atomic E-state index is 0.00862. The van der Waals surface area contributed by atoms with Gasteiger partial charge in [0, 0.05) is 48.8 Å². The lowest BCUT2D eigenvalue weighted by atomic mass is 9.73. The van der Waals surface area contributed by atoms with Gasteiger partial charge in [0.25, 0.3) is 5.69 Å². The predicted octanol–water partition coefficient (Wildman–Crippen LogP) is 6.09. The first kappa shape index (κ1) is 25.4. The van der Waals surface area contributed by atoms with Crippen molar-refractivity contribution >= 4 is 34.5 Å². The van der Waals surface area contributed by atoms with Gasteiger partial charge in [0.1, 0.15) is 11.5 Å². The number of ether oxygens (including phenoxy) is 3. The maximum atomic E-state index is 13.0. The number of nitro groups is 2. The Morgan fingerprint density at radius 1 is 0.895 bits per heavy atom. The average molecular weight is 541 g/mol. The van der Waals surface area contributed by atoms with Crippen molar-refractivity contribution in [3.8, 4) is 17.2 Å². The van der Waals surface area contributed by atoms with Crippen molar-refractivity contribution in [1.82, 2.24) is 0 Å². The number of nitro benzene ring substituents is 2. The van der Waals surface area contributed by atoms with Crippen LogP contribution in [0.1, 0.15) is 50.0 Å². The summed E-state index contributed by atoms with van der Waals surface area (Å²) in [5, 5.41) is 22.6. The second kappa shape index (κ2) is 9.90. The zero-order chi connectivity index (χ0) is 27.1. The second-order valence-corrected chi connectivity index (χ2v) is 9.47. The fourth-order valence-electron chi connectivity index (χ4n) is 5.11. The number of hydrogen-bond acceptors (Lipinski definition) is 9. The standard InChI is InChI=1S/C26H21ClN2O9/c1-36-22-11-13(10-15(27)26(22)38-19-9-8-14(28(32)33)12-16(19)29(34)35)23-24-17(30)4-2-6-20(24)37-21-7-3-5-18(31)25(21)23/h8-12,23H,2-7H2,1H3. The predicted molar refractivity (Wildman–Crippen MR) is 133 cm³/mol. The van der Waals surface area contributed by atoms with Gasteiger partial charge in [-0.1, -0.05) is 11.6 Å². The molecule has 0 N–H and O–H groups in total. The molecule has 0 saturated heterocycles. The lowest BCUT2D eigenvalue weighted by Gasteiger charge is -2.36. The molecule has 3 aliphatic rings. The summed E-state index contributed by atoms with van der Waals surface area (Å²) in [6.45, 7) is 0. The van der Waals surface area contributed by atoms with Gasteiger partial charge in [-0.15, -0.1) is 0 Å². The lowest BCUT2D eigenvalue weighted by molar-refractivity contribution is -0.394. The molecule has 12 heteroatoms. The van der Waals surface area contributed by atoms with Crippen LogP contribution in [0.2, 0.25) is 5.02 Å². The third kappa shape index (κ3) is 4.38. The minimum Gasteiger partial charge on any atom is -0.493 e. The third-order valence-electron chi connectivity index (χ3n) is 6.79. The zero-order valence-corrected chi connectivity index (χ0v) is 20.9. The molecule has 2 aromatic carbocycles. The first-order chi connectivity index (χ1) is 18.2. The van der Waals surface area contributed by atoms with Crippen molar-refractivity contribution in [3.63, 3.8) is 0 Å². The number of benzene rings is 2. The highest BCUT2D eigenvalue weighted by Crippen LogP contribution is 2.51. The smallest absolute Gasteiger partial charge is 0.318 e. The van der Waals surface area contributed by atoms with E-state index in [9.17, 15) is 29.8 Å². The summed E-state index contributed by atoms with van der Waals surface area (Å²) < 4.78 is 17.3. The number of nitrogens with zero attached hydrogens (tertiary/aromatic N) is 2. The molecule has 0 saturated carbocycles. The number of hydrogen-bond donors (Lipinski definition) is 0. The summed E-state index contributed by atoms with van der Waals surface area (Å²) in [7, 11) is 1.35. The summed E-state index contributed by atoms with van der Waals surface area (Å²) in [4.78, 5) is 47.2. The summed E-state index contributed by atoms with van der Waals surface area (Å²) in [5.74, 6) is 0.00481. The quantitative estimate of drug-likeness (QED) is 0.313. The molecule has 5 rings (SSSR count). The van der Waals surface area contributed by atoms with Gasteiger partial charge in [0.05, 0.1) is 28.0 Å². The van der Waals surface area contributed by atoms with Crippen molar-refractivity contribution in [3.05, 3.63) is 83.8 Å². The summed E-state index contributed by atoms with van der Waals surface area (Å²) >= 11 is 6.60. The Balaban J connectivity index is 1.62. The van der Waals surface area contributed by atoms with Gasteiger partial charge in [-0.05, 0) is 36.6 Å². The van der Waals surface area contributed by atoms with Crippen LogP contribution >= 0.6 is 11.6 Å². The molecule has 196 valence electrons. The first-order valence-corrected chi connectivity index (χ1v) is 12.3. The molecule has 0 fully saturated rings. The highest BCUT2D eigenvalue weighted by Gasteiger charge is 2.42. The molecule has 0 aromatic heterocycles. The minimum atomic E-state index is -0.801. The van der Waals surface area contributed by atoms with Crippen LogP contribution in [-0.4, -0.2) is 28.5 Å². The number of carbonyl (C=O) groups is 2. The van der Waals surface area contributed by atoms with Crippen molar-refractivity contribution in [2.45, 2.75) is 44.4 Å². The number of Topliss-reactive ketones (excluding diaryl/α,β-unsaturated/α-hetero) is 2. The Kier molecular flexibility index (Phi) is 6.62. The Labute approximate surface area is 220 Å². The Bertz CT molecular complexity index is 1440. The molecule has 2 aliphatic carbocycles. The molecular weight excluding hydrogens is 520 g/mol. The third-order valence-corrected chi connectivity index (χ3v) is 7.07. The van der Waals surface area contributed by atoms with E-state index in [1.165, 1.54) is 13.2 Å². The van der Waals surface area contributed by atoms with E-state index in [0.29, 0.717) is 66.8 Å². The topological polar surface area (TPSA) is 148 Å². The Morgan fingerprint density at radius 3 is 2.08 bits per heavy atom.